The van der Waals surface area contributed by atoms with Crippen LogP contribution in [0.5, 0.6) is 0 Å². The van der Waals surface area contributed by atoms with E-state index in [2.05, 4.69) is 0 Å². The third kappa shape index (κ3) is 2.32. The molecule has 1 aliphatic carbocycles. The number of benzene rings is 2. The first-order valence-corrected chi connectivity index (χ1v) is 10.0. The Kier molecular flexibility index (Phi) is 4.49. The molecule has 27 heavy (non-hydrogen) atoms. The average molecular weight is 402 g/mol. The fourth-order valence-electron chi connectivity index (χ4n) is 4.13. The monoisotopic (exact) mass is 401 g/mol. The Balaban J connectivity index is 2.35. The van der Waals surface area contributed by atoms with Crippen molar-refractivity contribution < 1.29 is 18.0 Å². The molecule has 3 rings (SSSR count). The summed E-state index contributed by atoms with van der Waals surface area (Å²) in [6.45, 7) is 2.31. The molecule has 1 saturated carbocycles. The lowest BCUT2D eigenvalue weighted by Gasteiger charge is -2.16. The molecule has 1 fully saturated rings. The van der Waals surface area contributed by atoms with Gasteiger partial charge in [0.25, 0.3) is 0 Å². The van der Waals surface area contributed by atoms with Crippen molar-refractivity contribution in [3.05, 3.63) is 65.2 Å². The van der Waals surface area contributed by atoms with Gasteiger partial charge in [0, 0.05) is 10.9 Å². The molecule has 1 aliphatic rings. The van der Waals surface area contributed by atoms with Gasteiger partial charge in [-0.05, 0) is 43.7 Å². The zero-order valence-electron chi connectivity index (χ0n) is 14.6. The second kappa shape index (κ2) is 6.29. The van der Waals surface area contributed by atoms with E-state index >= 15 is 0 Å². The number of carbonyl (C=O) groups is 2. The van der Waals surface area contributed by atoms with Crippen LogP contribution in [0.15, 0.2) is 59.5 Å². The topological polar surface area (TPSA) is 92.1 Å². The molecular formula is C20H16ClNO4S. The van der Waals surface area contributed by atoms with Gasteiger partial charge < -0.3 is 0 Å². The number of halogens is 1. The van der Waals surface area contributed by atoms with E-state index in [1.54, 1.807) is 18.2 Å². The molecule has 2 atom stereocenters. The summed E-state index contributed by atoms with van der Waals surface area (Å²) in [6.07, 6.45) is 0. The highest BCUT2D eigenvalue weighted by atomic mass is 35.5. The van der Waals surface area contributed by atoms with Crippen LogP contribution in [0.2, 0.25) is 5.02 Å². The van der Waals surface area contributed by atoms with Gasteiger partial charge in [-0.3, -0.25) is 9.59 Å². The number of sulfone groups is 1. The molecule has 0 unspecified atom stereocenters. The molecule has 0 aliphatic heterocycles. The minimum absolute atomic E-state index is 0.102. The predicted molar refractivity (Wildman–Crippen MR) is 100.0 cm³/mol. The first-order chi connectivity index (χ1) is 12.7. The van der Waals surface area contributed by atoms with Crippen LogP contribution in [0, 0.1) is 16.7 Å². The first kappa shape index (κ1) is 19.3. The summed E-state index contributed by atoms with van der Waals surface area (Å²) in [7, 11) is -4.32. The van der Waals surface area contributed by atoms with E-state index < -0.39 is 37.5 Å². The summed E-state index contributed by atoms with van der Waals surface area (Å²) < 4.78 is 24.7. The number of nitrogens with zero attached hydrogens (tertiary/aromatic N) is 1. The lowest BCUT2D eigenvalue weighted by atomic mass is 9.90. The fourth-order valence-corrected chi connectivity index (χ4v) is 6.66. The van der Waals surface area contributed by atoms with Crippen LogP contribution >= 0.6 is 11.6 Å². The maximum Gasteiger partial charge on any atom is 0.199 e. The molecule has 0 N–H and O–H groups in total. The van der Waals surface area contributed by atoms with Crippen molar-refractivity contribution in [3.8, 4) is 6.07 Å². The first-order valence-electron chi connectivity index (χ1n) is 8.16. The van der Waals surface area contributed by atoms with Crippen LogP contribution in [0.4, 0.5) is 0 Å². The normalized spacial score (nSPS) is 23.3. The van der Waals surface area contributed by atoms with E-state index in [-0.39, 0.29) is 4.90 Å². The molecule has 5 nitrogen and oxygen atoms in total. The van der Waals surface area contributed by atoms with Gasteiger partial charge in [-0.2, -0.15) is 5.26 Å². The highest BCUT2D eigenvalue weighted by Gasteiger charge is 2.89. The molecule has 138 valence electrons. The standard InChI is InChI=1S/C20H16ClNO4S/c1-13(23)20(14(2)24)18(15-8-10-16(21)11-9-15)19(20,12-22)27(25,26)17-6-4-3-5-7-17/h3-11,18H,1-2H3/t18-,19-/m1/s1. The van der Waals surface area contributed by atoms with Crippen LogP contribution in [-0.4, -0.2) is 24.7 Å². The second-order valence-corrected chi connectivity index (χ2v) is 9.13. The minimum atomic E-state index is -4.32. The maximum absolute atomic E-state index is 13.5. The number of Topliss-reactive ketones (excluding diaryl/α,β-unsaturated/α-hetero) is 2. The van der Waals surface area contributed by atoms with E-state index in [1.165, 1.54) is 36.4 Å². The highest BCUT2D eigenvalue weighted by Crippen LogP contribution is 2.73. The molecule has 0 bridgehead atoms. The molecule has 0 radical (unpaired) electrons. The van der Waals surface area contributed by atoms with Crippen molar-refractivity contribution >= 4 is 33.0 Å². The molecule has 7 heteroatoms. The van der Waals surface area contributed by atoms with Gasteiger partial charge in [-0.1, -0.05) is 41.9 Å². The van der Waals surface area contributed by atoms with Crippen molar-refractivity contribution in [2.45, 2.75) is 29.4 Å². The fraction of sp³-hybridized carbons (Fsp3) is 0.250. The van der Waals surface area contributed by atoms with E-state index in [1.807, 2.05) is 6.07 Å². The lowest BCUT2D eigenvalue weighted by molar-refractivity contribution is -0.132. The maximum atomic E-state index is 13.5. The van der Waals surface area contributed by atoms with Crippen LogP contribution in [0.3, 0.4) is 0 Å². The van der Waals surface area contributed by atoms with E-state index in [0.29, 0.717) is 10.6 Å². The largest absolute Gasteiger partial charge is 0.299 e. The molecular weight excluding hydrogens is 386 g/mol. The molecule has 2 aromatic rings. The van der Waals surface area contributed by atoms with Gasteiger partial charge in [0.15, 0.2) is 14.6 Å². The van der Waals surface area contributed by atoms with Gasteiger partial charge in [-0.25, -0.2) is 8.42 Å². The Labute approximate surface area is 162 Å². The Hall–Kier alpha value is -2.49. The van der Waals surface area contributed by atoms with Crippen molar-refractivity contribution in [2.75, 3.05) is 0 Å². The van der Waals surface area contributed by atoms with Gasteiger partial charge in [0.1, 0.15) is 17.0 Å². The van der Waals surface area contributed by atoms with E-state index in [9.17, 15) is 23.3 Å². The van der Waals surface area contributed by atoms with Gasteiger partial charge >= 0.3 is 0 Å². The van der Waals surface area contributed by atoms with Crippen LogP contribution in [0.1, 0.15) is 25.3 Å². The molecule has 0 spiro atoms. The van der Waals surface area contributed by atoms with E-state index in [0.717, 1.165) is 13.8 Å². The summed E-state index contributed by atoms with van der Waals surface area (Å²) in [5, 5.41) is 10.4. The Morgan fingerprint density at radius 3 is 1.96 bits per heavy atom. The molecule has 0 heterocycles. The smallest absolute Gasteiger partial charge is 0.199 e. The number of carbonyl (C=O) groups excluding carboxylic acids is 2. The van der Waals surface area contributed by atoms with Crippen LogP contribution in [-0.2, 0) is 19.4 Å². The Bertz CT molecular complexity index is 1060. The van der Waals surface area contributed by atoms with Crippen LogP contribution < -0.4 is 0 Å². The molecule has 0 saturated heterocycles. The lowest BCUT2D eigenvalue weighted by Crippen LogP contribution is -2.37. The summed E-state index contributed by atoms with van der Waals surface area (Å²) >= 11 is 5.91. The summed E-state index contributed by atoms with van der Waals surface area (Å²) in [6, 6.07) is 15.4. The van der Waals surface area contributed by atoms with Crippen molar-refractivity contribution in [1.82, 2.24) is 0 Å². The molecule has 0 aromatic heterocycles. The number of ketones is 2. The third-order valence-corrected chi connectivity index (χ3v) is 7.94. The van der Waals surface area contributed by atoms with Gasteiger partial charge in [0.2, 0.25) is 0 Å². The quantitative estimate of drug-likeness (QED) is 0.716. The number of hydrogen-bond donors (Lipinski definition) is 0. The van der Waals surface area contributed by atoms with E-state index in [4.69, 9.17) is 11.6 Å². The third-order valence-electron chi connectivity index (χ3n) is 5.30. The number of hydrogen-bond acceptors (Lipinski definition) is 5. The minimum Gasteiger partial charge on any atom is -0.299 e. The van der Waals surface area contributed by atoms with Crippen molar-refractivity contribution in [1.29, 1.82) is 5.26 Å². The zero-order valence-corrected chi connectivity index (χ0v) is 16.2. The predicted octanol–water partition coefficient (Wildman–Crippen LogP) is 3.34. The average Bonchev–Trinajstić information content (AvgIpc) is 3.30. The van der Waals surface area contributed by atoms with Crippen molar-refractivity contribution in [2.24, 2.45) is 5.41 Å². The number of nitriles is 1. The Morgan fingerprint density at radius 1 is 1.00 bits per heavy atom. The second-order valence-electron chi connectivity index (χ2n) is 6.57. The summed E-state index contributed by atoms with van der Waals surface area (Å²) in [5.74, 6) is -2.39. The van der Waals surface area contributed by atoms with Gasteiger partial charge in [0.05, 0.1) is 11.0 Å². The van der Waals surface area contributed by atoms with Gasteiger partial charge in [-0.15, -0.1) is 0 Å². The zero-order chi connectivity index (χ0) is 20.0. The SMILES string of the molecule is CC(=O)C1(C(C)=O)[C@H](c2ccc(Cl)cc2)[C@@]1(C#N)S(=O)(=O)c1ccccc1. The molecule has 0 amide bonds. The summed E-state index contributed by atoms with van der Waals surface area (Å²) in [4.78, 5) is 25.1. The molecule has 2 aromatic carbocycles. The van der Waals surface area contributed by atoms with Crippen molar-refractivity contribution in [3.63, 3.8) is 0 Å². The van der Waals surface area contributed by atoms with Crippen LogP contribution in [0.25, 0.3) is 0 Å². The Morgan fingerprint density at radius 2 is 1.52 bits per heavy atom. The summed E-state index contributed by atoms with van der Waals surface area (Å²) in [5.41, 5.74) is -1.55. The highest BCUT2D eigenvalue weighted by molar-refractivity contribution is 7.93. The number of rotatable bonds is 5.